The highest BCUT2D eigenvalue weighted by Crippen LogP contribution is 2.61. The monoisotopic (exact) mass is 831 g/mol. The fraction of sp³-hybridized carbons (Fsp3) is 0.351. The van der Waals surface area contributed by atoms with E-state index in [1.165, 1.54) is 77.9 Å². The molecule has 2 aromatic heterocycles. The van der Waals surface area contributed by atoms with E-state index in [4.69, 9.17) is 9.97 Å². The van der Waals surface area contributed by atoms with Gasteiger partial charge in [0.15, 0.2) is 11.6 Å². The maximum atomic E-state index is 5.14. The van der Waals surface area contributed by atoms with Crippen molar-refractivity contribution in [3.8, 4) is 22.3 Å². The molecule has 0 atom stereocenters. The number of aromatic nitrogens is 4. The van der Waals surface area contributed by atoms with E-state index in [0.29, 0.717) is 6.67 Å². The maximum Gasteiger partial charge on any atom is 0.174 e. The molecule has 6 heteroatoms. The topological polar surface area (TPSA) is 60.9 Å². The number of fused-ring (bicyclic) bond motifs is 7. The van der Waals surface area contributed by atoms with Gasteiger partial charge in [0.2, 0.25) is 0 Å². The van der Waals surface area contributed by atoms with E-state index in [2.05, 4.69) is 213 Å². The van der Waals surface area contributed by atoms with E-state index in [0.717, 1.165) is 17.3 Å². The highest BCUT2D eigenvalue weighted by Gasteiger charge is 2.55. The highest BCUT2D eigenvalue weighted by atomic mass is 15.4. The number of H-pyrrole nitrogens is 1. The Balaban J connectivity index is 1.33. The number of nitrogens with one attached hydrogen (secondary N) is 1. The standard InChI is InChI=1S/C57H62N6/c1-52(2,3)35-17-21-45-41(30-35)42-31-36(53(4,5)6)18-22-46(42)56(45,49-25-26-60-61-49)39-15-14-16-40(29-39)57(63-34-62(13)50-51(63)59-28-27-58-50)47-23-19-37(54(7,8)9)32-43(47)44-33-38(55(10,11)12)20-24-48(44)57/h14-33H,34H2,1-13H3,(H,60,61). The van der Waals surface area contributed by atoms with Crippen LogP contribution < -0.4 is 9.80 Å². The van der Waals surface area contributed by atoms with Crippen LogP contribution in [0.2, 0.25) is 0 Å². The van der Waals surface area contributed by atoms with Crippen molar-refractivity contribution in [2.24, 2.45) is 0 Å². The van der Waals surface area contributed by atoms with E-state index < -0.39 is 11.0 Å². The van der Waals surface area contributed by atoms with Crippen molar-refractivity contribution in [3.63, 3.8) is 0 Å². The SMILES string of the molecule is CN1CN(C2(c3cccc(C4(c5ccn[nH]5)c5ccc(C(C)(C)C)cc5-c5cc(C(C)(C)C)ccc54)c3)c3ccc(C(C)(C)C)cc3-c3cc(C(C)(C)C)ccc32)c2nccnc21. The Morgan fingerprint density at radius 1 is 0.476 bits per heavy atom. The van der Waals surface area contributed by atoms with Crippen LogP contribution in [0.1, 0.15) is 144 Å². The molecule has 1 aliphatic heterocycles. The van der Waals surface area contributed by atoms with Crippen molar-refractivity contribution in [1.29, 1.82) is 0 Å². The molecule has 7 aromatic rings. The molecule has 6 nitrogen and oxygen atoms in total. The molecule has 0 radical (unpaired) electrons. The van der Waals surface area contributed by atoms with Crippen LogP contribution in [0.25, 0.3) is 22.3 Å². The van der Waals surface area contributed by atoms with E-state index in [1.807, 2.05) is 18.6 Å². The van der Waals surface area contributed by atoms with Gasteiger partial charge in [-0.2, -0.15) is 5.10 Å². The minimum absolute atomic E-state index is 0.0204. The number of hydrogen-bond acceptors (Lipinski definition) is 5. The molecule has 0 unspecified atom stereocenters. The van der Waals surface area contributed by atoms with Gasteiger partial charge in [0.25, 0.3) is 0 Å². The summed E-state index contributed by atoms with van der Waals surface area (Å²) in [6, 6.07) is 40.6. The van der Waals surface area contributed by atoms with Gasteiger partial charge in [0, 0.05) is 25.6 Å². The molecule has 2 aliphatic carbocycles. The molecular weight excluding hydrogens is 769 g/mol. The van der Waals surface area contributed by atoms with Gasteiger partial charge < -0.3 is 9.80 Å². The molecule has 0 amide bonds. The lowest BCUT2D eigenvalue weighted by Crippen LogP contribution is -2.48. The molecule has 1 N–H and O–H groups in total. The second-order valence-corrected chi connectivity index (χ2v) is 22.5. The third kappa shape index (κ3) is 5.92. The minimum atomic E-state index is -0.755. The predicted molar refractivity (Wildman–Crippen MR) is 260 cm³/mol. The molecule has 63 heavy (non-hydrogen) atoms. The van der Waals surface area contributed by atoms with Crippen molar-refractivity contribution in [2.75, 3.05) is 23.5 Å². The lowest BCUT2D eigenvalue weighted by molar-refractivity contribution is 0.570. The fourth-order valence-corrected chi connectivity index (χ4v) is 10.9. The van der Waals surface area contributed by atoms with E-state index in [-0.39, 0.29) is 21.7 Å². The molecule has 0 spiro atoms. The Bertz CT molecular complexity index is 2820. The number of nitrogens with zero attached hydrogens (tertiary/aromatic N) is 5. The van der Waals surface area contributed by atoms with Crippen molar-refractivity contribution < 1.29 is 0 Å². The number of benzene rings is 5. The lowest BCUT2D eigenvalue weighted by atomic mass is 9.68. The van der Waals surface area contributed by atoms with Crippen molar-refractivity contribution in [3.05, 3.63) is 183 Å². The number of hydrogen-bond donors (Lipinski definition) is 1. The number of anilines is 2. The van der Waals surface area contributed by atoms with Crippen LogP contribution in [-0.4, -0.2) is 33.9 Å². The smallest absolute Gasteiger partial charge is 0.174 e. The molecule has 0 saturated heterocycles. The summed E-state index contributed by atoms with van der Waals surface area (Å²) in [7, 11) is 2.14. The first-order chi connectivity index (χ1) is 29.7. The quantitative estimate of drug-likeness (QED) is 0.191. The van der Waals surface area contributed by atoms with Gasteiger partial charge in [0.1, 0.15) is 5.54 Å². The Hall–Kier alpha value is -6.01. The Morgan fingerprint density at radius 2 is 0.905 bits per heavy atom. The second kappa shape index (κ2) is 13.5. The van der Waals surface area contributed by atoms with Crippen LogP contribution in [0.3, 0.4) is 0 Å². The highest BCUT2D eigenvalue weighted by molar-refractivity contribution is 5.90. The third-order valence-electron chi connectivity index (χ3n) is 14.4. The number of aromatic amines is 1. The molecule has 5 aromatic carbocycles. The molecule has 0 bridgehead atoms. The fourth-order valence-electron chi connectivity index (χ4n) is 10.9. The Kier molecular flexibility index (Phi) is 8.79. The molecule has 3 aliphatic rings. The van der Waals surface area contributed by atoms with Gasteiger partial charge in [-0.1, -0.05) is 180 Å². The molecule has 320 valence electrons. The summed E-state index contributed by atoms with van der Waals surface area (Å²) in [4.78, 5) is 14.8. The average Bonchev–Trinajstić information content (AvgIpc) is 4.01. The van der Waals surface area contributed by atoms with Gasteiger partial charge in [-0.25, -0.2) is 9.97 Å². The van der Waals surface area contributed by atoms with Crippen LogP contribution in [0, 0.1) is 0 Å². The van der Waals surface area contributed by atoms with Gasteiger partial charge >= 0.3 is 0 Å². The molecule has 3 heterocycles. The van der Waals surface area contributed by atoms with Gasteiger partial charge in [-0.05, 0) is 106 Å². The number of rotatable bonds is 4. The zero-order chi connectivity index (χ0) is 44.6. The molecule has 10 rings (SSSR count). The Morgan fingerprint density at radius 3 is 1.35 bits per heavy atom. The van der Waals surface area contributed by atoms with Crippen LogP contribution >= 0.6 is 0 Å². The minimum Gasteiger partial charge on any atom is -0.339 e. The third-order valence-corrected chi connectivity index (χ3v) is 14.4. The van der Waals surface area contributed by atoms with Crippen LogP contribution in [0.15, 0.2) is 122 Å². The largest absolute Gasteiger partial charge is 0.339 e. The van der Waals surface area contributed by atoms with Gasteiger partial charge in [-0.15, -0.1) is 0 Å². The summed E-state index contributed by atoms with van der Waals surface area (Å²) in [5.74, 6) is 1.77. The normalized spacial score (nSPS) is 16.1. The summed E-state index contributed by atoms with van der Waals surface area (Å²) >= 11 is 0. The first-order valence-electron chi connectivity index (χ1n) is 22.7. The summed E-state index contributed by atoms with van der Waals surface area (Å²) in [6.07, 6.45) is 5.56. The summed E-state index contributed by atoms with van der Waals surface area (Å²) in [6.45, 7) is 28.4. The maximum absolute atomic E-state index is 5.14. The van der Waals surface area contributed by atoms with Crippen LogP contribution in [0.4, 0.5) is 11.6 Å². The summed E-state index contributed by atoms with van der Waals surface area (Å²) in [5.41, 5.74) is 17.3. The average molecular weight is 831 g/mol. The molecule has 0 fully saturated rings. The van der Waals surface area contributed by atoms with E-state index in [1.54, 1.807) is 0 Å². The first-order valence-corrected chi connectivity index (χ1v) is 22.7. The zero-order valence-electron chi connectivity index (χ0n) is 39.5. The first kappa shape index (κ1) is 41.0. The lowest BCUT2D eigenvalue weighted by Gasteiger charge is -2.43. The van der Waals surface area contributed by atoms with E-state index >= 15 is 0 Å². The van der Waals surface area contributed by atoms with Crippen LogP contribution in [0.5, 0.6) is 0 Å². The predicted octanol–water partition coefficient (Wildman–Crippen LogP) is 12.9. The van der Waals surface area contributed by atoms with Gasteiger partial charge in [0.05, 0.1) is 17.8 Å². The van der Waals surface area contributed by atoms with Crippen molar-refractivity contribution in [2.45, 2.75) is 116 Å². The van der Waals surface area contributed by atoms with E-state index in [9.17, 15) is 0 Å². The molecular formula is C57H62N6. The van der Waals surface area contributed by atoms with Crippen molar-refractivity contribution in [1.82, 2.24) is 20.2 Å². The Labute approximate surface area is 374 Å². The zero-order valence-corrected chi connectivity index (χ0v) is 39.5. The summed E-state index contributed by atoms with van der Waals surface area (Å²) < 4.78 is 0. The van der Waals surface area contributed by atoms with Crippen LogP contribution in [-0.2, 0) is 32.6 Å². The summed E-state index contributed by atoms with van der Waals surface area (Å²) in [5, 5.41) is 8.22. The second-order valence-electron chi connectivity index (χ2n) is 22.5. The molecule has 0 saturated carbocycles. The van der Waals surface area contributed by atoms with Crippen molar-refractivity contribution >= 4 is 11.6 Å². The van der Waals surface area contributed by atoms with Gasteiger partial charge in [-0.3, -0.25) is 5.10 Å².